The zero-order valence-electron chi connectivity index (χ0n) is 8.69. The number of ether oxygens (including phenoxy) is 1. The maximum absolute atomic E-state index is 10.8. The SMILES string of the molecule is Cc1oc(C2CCC(C)O2)nc1C(=O)O. The van der Waals surface area contributed by atoms with Gasteiger partial charge in [0.05, 0.1) is 6.10 Å². The van der Waals surface area contributed by atoms with E-state index in [1.807, 2.05) is 6.92 Å². The minimum absolute atomic E-state index is 0.0202. The average molecular weight is 211 g/mol. The normalized spacial score (nSPS) is 25.7. The molecule has 0 radical (unpaired) electrons. The Hall–Kier alpha value is -1.36. The lowest BCUT2D eigenvalue weighted by atomic mass is 10.2. The predicted molar refractivity (Wildman–Crippen MR) is 50.7 cm³/mol. The van der Waals surface area contributed by atoms with Crippen molar-refractivity contribution in [3.63, 3.8) is 0 Å². The number of carboxylic acid groups (broad SMARTS) is 1. The van der Waals surface area contributed by atoms with Crippen molar-refractivity contribution < 1.29 is 19.1 Å². The highest BCUT2D eigenvalue weighted by Gasteiger charge is 2.29. The topological polar surface area (TPSA) is 72.6 Å². The van der Waals surface area contributed by atoms with Gasteiger partial charge in [-0.25, -0.2) is 9.78 Å². The summed E-state index contributed by atoms with van der Waals surface area (Å²) in [5.74, 6) is -0.344. The van der Waals surface area contributed by atoms with E-state index in [0.29, 0.717) is 11.7 Å². The summed E-state index contributed by atoms with van der Waals surface area (Å²) >= 11 is 0. The van der Waals surface area contributed by atoms with E-state index in [-0.39, 0.29) is 17.9 Å². The van der Waals surface area contributed by atoms with Crippen LogP contribution in [0, 0.1) is 6.92 Å². The van der Waals surface area contributed by atoms with Crippen LogP contribution in [-0.2, 0) is 4.74 Å². The lowest BCUT2D eigenvalue weighted by molar-refractivity contribution is 0.0386. The van der Waals surface area contributed by atoms with E-state index < -0.39 is 5.97 Å². The van der Waals surface area contributed by atoms with E-state index in [1.54, 1.807) is 6.92 Å². The zero-order valence-corrected chi connectivity index (χ0v) is 8.69. The molecule has 2 heterocycles. The molecule has 0 saturated carbocycles. The van der Waals surface area contributed by atoms with E-state index in [2.05, 4.69) is 4.98 Å². The Morgan fingerprint density at radius 3 is 2.73 bits per heavy atom. The lowest BCUT2D eigenvalue weighted by Gasteiger charge is -2.05. The summed E-state index contributed by atoms with van der Waals surface area (Å²) in [5.41, 5.74) is -0.0202. The van der Waals surface area contributed by atoms with Crippen molar-refractivity contribution >= 4 is 5.97 Å². The highest BCUT2D eigenvalue weighted by Crippen LogP contribution is 2.32. The Balaban J connectivity index is 2.23. The molecule has 0 amide bonds. The predicted octanol–water partition coefficient (Wildman–Crippen LogP) is 1.92. The highest BCUT2D eigenvalue weighted by molar-refractivity contribution is 5.86. The number of aromatic carboxylic acids is 1. The summed E-state index contributed by atoms with van der Waals surface area (Å²) in [7, 11) is 0. The molecule has 0 bridgehead atoms. The highest BCUT2D eigenvalue weighted by atomic mass is 16.5. The molecule has 1 aromatic rings. The van der Waals surface area contributed by atoms with Crippen molar-refractivity contribution in [2.45, 2.75) is 38.9 Å². The minimum atomic E-state index is -1.06. The Morgan fingerprint density at radius 1 is 1.53 bits per heavy atom. The molecule has 1 fully saturated rings. The monoisotopic (exact) mass is 211 g/mol. The van der Waals surface area contributed by atoms with Gasteiger partial charge in [0.1, 0.15) is 11.9 Å². The lowest BCUT2D eigenvalue weighted by Crippen LogP contribution is -2.03. The molecule has 1 N–H and O–H groups in total. The standard InChI is InChI=1S/C10H13NO4/c1-5-3-4-7(14-5)9-11-8(10(12)13)6(2)15-9/h5,7H,3-4H2,1-2H3,(H,12,13). The van der Waals surface area contributed by atoms with Crippen LogP contribution in [0.25, 0.3) is 0 Å². The minimum Gasteiger partial charge on any atom is -0.476 e. The third kappa shape index (κ3) is 1.87. The second-order valence-corrected chi connectivity index (χ2v) is 3.77. The molecule has 1 saturated heterocycles. The van der Waals surface area contributed by atoms with Crippen molar-refractivity contribution in [3.05, 3.63) is 17.3 Å². The first-order valence-corrected chi connectivity index (χ1v) is 4.94. The smallest absolute Gasteiger partial charge is 0.358 e. The molecule has 0 aromatic carbocycles. The summed E-state index contributed by atoms with van der Waals surface area (Å²) in [6.07, 6.45) is 1.79. The molecular weight excluding hydrogens is 198 g/mol. The van der Waals surface area contributed by atoms with Crippen LogP contribution in [0.1, 0.15) is 48.0 Å². The number of rotatable bonds is 2. The van der Waals surface area contributed by atoms with Gasteiger partial charge < -0.3 is 14.3 Å². The molecule has 1 aliphatic heterocycles. The molecule has 2 unspecified atom stereocenters. The molecule has 15 heavy (non-hydrogen) atoms. The number of carboxylic acids is 1. The van der Waals surface area contributed by atoms with Crippen LogP contribution < -0.4 is 0 Å². The van der Waals surface area contributed by atoms with Crippen molar-refractivity contribution in [2.24, 2.45) is 0 Å². The third-order valence-corrected chi connectivity index (χ3v) is 2.52. The van der Waals surface area contributed by atoms with Gasteiger partial charge in [-0.3, -0.25) is 0 Å². The molecule has 5 heteroatoms. The molecule has 0 aliphatic carbocycles. The molecule has 1 aromatic heterocycles. The van der Waals surface area contributed by atoms with Crippen molar-refractivity contribution in [1.29, 1.82) is 0 Å². The number of aromatic nitrogens is 1. The van der Waals surface area contributed by atoms with Crippen LogP contribution in [0.2, 0.25) is 0 Å². The second-order valence-electron chi connectivity index (χ2n) is 3.77. The Morgan fingerprint density at radius 2 is 2.27 bits per heavy atom. The van der Waals surface area contributed by atoms with Crippen LogP contribution >= 0.6 is 0 Å². The van der Waals surface area contributed by atoms with Gasteiger partial charge in [0.15, 0.2) is 5.69 Å². The van der Waals surface area contributed by atoms with E-state index in [0.717, 1.165) is 12.8 Å². The summed E-state index contributed by atoms with van der Waals surface area (Å²) in [6.45, 7) is 3.58. The van der Waals surface area contributed by atoms with Gasteiger partial charge in [0.25, 0.3) is 0 Å². The summed E-state index contributed by atoms with van der Waals surface area (Å²) in [5, 5.41) is 8.81. The molecule has 5 nitrogen and oxygen atoms in total. The molecule has 2 atom stereocenters. The van der Waals surface area contributed by atoms with E-state index in [9.17, 15) is 4.79 Å². The van der Waals surface area contributed by atoms with Crippen LogP contribution in [0.3, 0.4) is 0 Å². The van der Waals surface area contributed by atoms with Crippen molar-refractivity contribution in [2.75, 3.05) is 0 Å². The number of aryl methyl sites for hydroxylation is 1. The summed E-state index contributed by atoms with van der Waals surface area (Å²) in [4.78, 5) is 14.7. The zero-order chi connectivity index (χ0) is 11.0. The average Bonchev–Trinajstić information content (AvgIpc) is 2.71. The summed E-state index contributed by atoms with van der Waals surface area (Å²) in [6, 6.07) is 0. The first kappa shape index (κ1) is 10.2. The summed E-state index contributed by atoms with van der Waals surface area (Å²) < 4.78 is 10.8. The molecule has 82 valence electrons. The fraction of sp³-hybridized carbons (Fsp3) is 0.600. The largest absolute Gasteiger partial charge is 0.476 e. The fourth-order valence-electron chi connectivity index (χ4n) is 1.74. The molecule has 1 aliphatic rings. The first-order valence-electron chi connectivity index (χ1n) is 4.94. The van der Waals surface area contributed by atoms with Crippen LogP contribution in [0.5, 0.6) is 0 Å². The first-order chi connectivity index (χ1) is 7.08. The maximum Gasteiger partial charge on any atom is 0.358 e. The van der Waals surface area contributed by atoms with Crippen LogP contribution in [0.15, 0.2) is 4.42 Å². The van der Waals surface area contributed by atoms with Crippen LogP contribution in [0.4, 0.5) is 0 Å². The Bertz CT molecular complexity index is 385. The molecular formula is C10H13NO4. The van der Waals surface area contributed by atoms with Crippen LogP contribution in [-0.4, -0.2) is 22.2 Å². The Kier molecular flexibility index (Phi) is 2.48. The second kappa shape index (κ2) is 3.66. The van der Waals surface area contributed by atoms with Crippen molar-refractivity contribution in [1.82, 2.24) is 4.98 Å². The van der Waals surface area contributed by atoms with Gasteiger partial charge in [0.2, 0.25) is 5.89 Å². The van der Waals surface area contributed by atoms with Crippen molar-refractivity contribution in [3.8, 4) is 0 Å². The molecule has 2 rings (SSSR count). The van der Waals surface area contributed by atoms with Gasteiger partial charge in [-0.05, 0) is 26.7 Å². The van der Waals surface area contributed by atoms with Gasteiger partial charge in [0, 0.05) is 0 Å². The van der Waals surface area contributed by atoms with Gasteiger partial charge in [-0.15, -0.1) is 0 Å². The number of hydrogen-bond donors (Lipinski definition) is 1. The number of hydrogen-bond acceptors (Lipinski definition) is 4. The quantitative estimate of drug-likeness (QED) is 0.809. The number of oxazole rings is 1. The van der Waals surface area contributed by atoms with E-state index in [4.69, 9.17) is 14.3 Å². The number of carbonyl (C=O) groups is 1. The van der Waals surface area contributed by atoms with E-state index in [1.165, 1.54) is 0 Å². The third-order valence-electron chi connectivity index (χ3n) is 2.52. The maximum atomic E-state index is 10.8. The Labute approximate surface area is 87.1 Å². The van der Waals surface area contributed by atoms with Gasteiger partial charge in [-0.2, -0.15) is 0 Å². The fourth-order valence-corrected chi connectivity index (χ4v) is 1.74. The van der Waals surface area contributed by atoms with E-state index >= 15 is 0 Å². The molecule has 0 spiro atoms. The number of nitrogens with zero attached hydrogens (tertiary/aromatic N) is 1. The van der Waals surface area contributed by atoms with Gasteiger partial charge >= 0.3 is 5.97 Å². The van der Waals surface area contributed by atoms with Gasteiger partial charge in [-0.1, -0.05) is 0 Å².